The van der Waals surface area contributed by atoms with E-state index in [2.05, 4.69) is 33.8 Å². The molecule has 1 aliphatic heterocycles. The third kappa shape index (κ3) is 7.30. The summed E-state index contributed by atoms with van der Waals surface area (Å²) in [5.74, 6) is -0.0609. The standard InChI is InChI=1S/C25H38N2O4/c1-5-6-7-8-9-10-11-20-16-23(30)26(24(20)31)15-14-19(2)17-25(3,4)18-27-21(28)12-13-22(27)29/h10-13,16,19,30-31H,5-9,14-15,17-18H2,1-4H3/b11-10+. The highest BCUT2D eigenvalue weighted by molar-refractivity contribution is 6.12. The van der Waals surface area contributed by atoms with Crippen LogP contribution < -0.4 is 0 Å². The number of hydrogen-bond donors (Lipinski definition) is 2. The maximum atomic E-state index is 11.8. The second kappa shape index (κ2) is 11.2. The van der Waals surface area contributed by atoms with Gasteiger partial charge in [0.25, 0.3) is 11.8 Å². The maximum absolute atomic E-state index is 11.8. The smallest absolute Gasteiger partial charge is 0.253 e. The molecule has 1 atom stereocenters. The zero-order valence-corrected chi connectivity index (χ0v) is 19.4. The van der Waals surface area contributed by atoms with Gasteiger partial charge in [-0.1, -0.05) is 59.1 Å². The molecule has 1 unspecified atom stereocenters. The quantitative estimate of drug-likeness (QED) is 0.331. The first-order valence-electron chi connectivity index (χ1n) is 11.5. The van der Waals surface area contributed by atoms with Crippen molar-refractivity contribution in [3.05, 3.63) is 29.9 Å². The summed E-state index contributed by atoms with van der Waals surface area (Å²) >= 11 is 0. The molecule has 0 spiro atoms. The van der Waals surface area contributed by atoms with Gasteiger partial charge in [-0.2, -0.15) is 0 Å². The van der Waals surface area contributed by atoms with Crippen molar-refractivity contribution < 1.29 is 19.8 Å². The van der Waals surface area contributed by atoms with E-state index in [-0.39, 0.29) is 34.9 Å². The third-order valence-electron chi connectivity index (χ3n) is 5.83. The second-order valence-electron chi connectivity index (χ2n) is 9.54. The molecule has 0 bridgehead atoms. The normalized spacial score (nSPS) is 15.5. The Morgan fingerprint density at radius 1 is 1.10 bits per heavy atom. The molecule has 2 rings (SSSR count). The van der Waals surface area contributed by atoms with Crippen LogP contribution in [0.5, 0.6) is 11.8 Å². The Kier molecular flexibility index (Phi) is 8.96. The first kappa shape index (κ1) is 24.8. The summed E-state index contributed by atoms with van der Waals surface area (Å²) in [6.07, 6.45) is 13.9. The van der Waals surface area contributed by atoms with Gasteiger partial charge in [-0.15, -0.1) is 0 Å². The number of aromatic nitrogens is 1. The lowest BCUT2D eigenvalue weighted by molar-refractivity contribution is -0.138. The largest absolute Gasteiger partial charge is 0.494 e. The van der Waals surface area contributed by atoms with Crippen LogP contribution in [-0.4, -0.2) is 38.0 Å². The van der Waals surface area contributed by atoms with Crippen LogP contribution in [0.15, 0.2) is 24.3 Å². The summed E-state index contributed by atoms with van der Waals surface area (Å²) in [4.78, 5) is 25.0. The van der Waals surface area contributed by atoms with Crippen LogP contribution in [0.3, 0.4) is 0 Å². The Bertz CT molecular complexity index is 802. The van der Waals surface area contributed by atoms with E-state index in [0.29, 0.717) is 18.7 Å². The Morgan fingerprint density at radius 3 is 2.42 bits per heavy atom. The molecule has 1 aromatic heterocycles. The van der Waals surface area contributed by atoms with Gasteiger partial charge < -0.3 is 10.2 Å². The predicted octanol–water partition coefficient (Wildman–Crippen LogP) is 5.25. The highest BCUT2D eigenvalue weighted by Gasteiger charge is 2.31. The van der Waals surface area contributed by atoms with Crippen molar-refractivity contribution in [3.8, 4) is 11.8 Å². The zero-order valence-electron chi connectivity index (χ0n) is 19.4. The van der Waals surface area contributed by atoms with Gasteiger partial charge in [-0.05, 0) is 37.0 Å². The lowest BCUT2D eigenvalue weighted by Crippen LogP contribution is -2.39. The van der Waals surface area contributed by atoms with E-state index < -0.39 is 0 Å². The molecule has 0 aromatic carbocycles. The molecular formula is C25H38N2O4. The molecule has 1 aromatic rings. The van der Waals surface area contributed by atoms with Gasteiger partial charge in [-0.3, -0.25) is 19.1 Å². The Balaban J connectivity index is 1.86. The van der Waals surface area contributed by atoms with Gasteiger partial charge in [0.1, 0.15) is 0 Å². The van der Waals surface area contributed by atoms with E-state index in [0.717, 1.165) is 25.7 Å². The number of allylic oxidation sites excluding steroid dienone is 1. The monoisotopic (exact) mass is 430 g/mol. The van der Waals surface area contributed by atoms with E-state index >= 15 is 0 Å². The number of hydrogen-bond acceptors (Lipinski definition) is 4. The molecule has 0 saturated heterocycles. The molecule has 172 valence electrons. The molecule has 2 heterocycles. The van der Waals surface area contributed by atoms with E-state index in [4.69, 9.17) is 0 Å². The van der Waals surface area contributed by atoms with Gasteiger partial charge in [0.15, 0.2) is 5.88 Å². The molecular weight excluding hydrogens is 392 g/mol. The summed E-state index contributed by atoms with van der Waals surface area (Å²) in [5.41, 5.74) is 0.419. The van der Waals surface area contributed by atoms with Gasteiger partial charge >= 0.3 is 0 Å². The van der Waals surface area contributed by atoms with E-state index in [1.54, 1.807) is 6.07 Å². The molecule has 2 N–H and O–H groups in total. The summed E-state index contributed by atoms with van der Waals surface area (Å²) in [6.45, 7) is 9.29. The zero-order chi connectivity index (χ0) is 23.0. The third-order valence-corrected chi connectivity index (χ3v) is 5.83. The minimum Gasteiger partial charge on any atom is -0.494 e. The molecule has 0 radical (unpaired) electrons. The topological polar surface area (TPSA) is 82.8 Å². The summed E-state index contributed by atoms with van der Waals surface area (Å²) in [5, 5.41) is 20.8. The van der Waals surface area contributed by atoms with Crippen LogP contribution >= 0.6 is 0 Å². The SMILES string of the molecule is CCCCCC/C=C/c1cc(O)n(CCC(C)CC(C)(C)CN2C(=O)C=CC2=O)c1O. The Hall–Kier alpha value is -2.50. The number of unbranched alkanes of at least 4 members (excludes halogenated alkanes) is 4. The molecule has 2 amide bonds. The number of nitrogens with zero attached hydrogens (tertiary/aromatic N) is 2. The van der Waals surface area contributed by atoms with Crippen LogP contribution in [0.25, 0.3) is 6.08 Å². The molecule has 6 nitrogen and oxygen atoms in total. The summed E-state index contributed by atoms with van der Waals surface area (Å²) in [6, 6.07) is 1.60. The molecule has 1 aliphatic rings. The number of carbonyl (C=O) groups excluding carboxylic acids is 2. The minimum absolute atomic E-state index is 0.0638. The van der Waals surface area contributed by atoms with Crippen LogP contribution in [0.1, 0.15) is 78.2 Å². The van der Waals surface area contributed by atoms with Gasteiger partial charge in [0, 0.05) is 36.9 Å². The van der Waals surface area contributed by atoms with Crippen molar-refractivity contribution in [2.24, 2.45) is 11.3 Å². The number of aromatic hydroxyl groups is 2. The number of imide groups is 1. The predicted molar refractivity (Wildman–Crippen MR) is 124 cm³/mol. The highest BCUT2D eigenvalue weighted by atomic mass is 16.3. The van der Waals surface area contributed by atoms with E-state index in [1.165, 1.54) is 40.9 Å². The lowest BCUT2D eigenvalue weighted by atomic mass is 9.81. The Morgan fingerprint density at radius 2 is 1.77 bits per heavy atom. The van der Waals surface area contributed by atoms with E-state index in [1.807, 2.05) is 6.08 Å². The fourth-order valence-corrected chi connectivity index (χ4v) is 4.26. The molecule has 6 heteroatoms. The van der Waals surface area contributed by atoms with Crippen LogP contribution in [0.4, 0.5) is 0 Å². The van der Waals surface area contributed by atoms with Crippen LogP contribution in [0, 0.1) is 11.3 Å². The van der Waals surface area contributed by atoms with Gasteiger partial charge in [-0.25, -0.2) is 0 Å². The fraction of sp³-hybridized carbons (Fsp3) is 0.600. The van der Waals surface area contributed by atoms with E-state index in [9.17, 15) is 19.8 Å². The second-order valence-corrected chi connectivity index (χ2v) is 9.54. The first-order chi connectivity index (χ1) is 14.6. The van der Waals surface area contributed by atoms with Gasteiger partial charge in [0.05, 0.1) is 0 Å². The minimum atomic E-state index is -0.251. The lowest BCUT2D eigenvalue weighted by Gasteiger charge is -2.31. The summed E-state index contributed by atoms with van der Waals surface area (Å²) in [7, 11) is 0. The number of amides is 2. The average Bonchev–Trinajstić information content (AvgIpc) is 3.14. The van der Waals surface area contributed by atoms with Gasteiger partial charge in [0.2, 0.25) is 5.88 Å². The van der Waals surface area contributed by atoms with Crippen molar-refractivity contribution >= 4 is 17.9 Å². The highest BCUT2D eigenvalue weighted by Crippen LogP contribution is 2.32. The van der Waals surface area contributed by atoms with Crippen LogP contribution in [-0.2, 0) is 16.1 Å². The maximum Gasteiger partial charge on any atom is 0.253 e. The van der Waals surface area contributed by atoms with Crippen molar-refractivity contribution in [2.75, 3.05) is 6.54 Å². The van der Waals surface area contributed by atoms with Crippen LogP contribution in [0.2, 0.25) is 0 Å². The van der Waals surface area contributed by atoms with Crippen molar-refractivity contribution in [2.45, 2.75) is 79.2 Å². The molecule has 0 aliphatic carbocycles. The first-order valence-corrected chi connectivity index (χ1v) is 11.5. The van der Waals surface area contributed by atoms with Crippen molar-refractivity contribution in [1.82, 2.24) is 9.47 Å². The molecule has 0 saturated carbocycles. The van der Waals surface area contributed by atoms with Crippen molar-refractivity contribution in [1.29, 1.82) is 0 Å². The molecule has 31 heavy (non-hydrogen) atoms. The number of rotatable bonds is 13. The molecule has 0 fully saturated rings. The van der Waals surface area contributed by atoms with Crippen molar-refractivity contribution in [3.63, 3.8) is 0 Å². The average molecular weight is 431 g/mol. The summed E-state index contributed by atoms with van der Waals surface area (Å²) < 4.78 is 1.54. The Labute approximate surface area is 186 Å². The number of carbonyl (C=O) groups is 2. The fourth-order valence-electron chi connectivity index (χ4n) is 4.26.